The van der Waals surface area contributed by atoms with E-state index in [2.05, 4.69) is 5.32 Å². The van der Waals surface area contributed by atoms with Gasteiger partial charge in [-0.15, -0.1) is 12.4 Å². The lowest BCUT2D eigenvalue weighted by molar-refractivity contribution is -0.385. The van der Waals surface area contributed by atoms with Crippen LogP contribution < -0.4 is 14.8 Å². The molecule has 1 aliphatic heterocycles. The van der Waals surface area contributed by atoms with Gasteiger partial charge in [0.1, 0.15) is 0 Å². The predicted molar refractivity (Wildman–Crippen MR) is 107 cm³/mol. The number of methoxy groups -OCH3 is 1. The molecular formula is C18H19Cl2N3O5. The van der Waals surface area contributed by atoms with Crippen LogP contribution >= 0.6 is 24.0 Å². The molecule has 1 N–H and O–H groups in total. The van der Waals surface area contributed by atoms with Gasteiger partial charge in [-0.25, -0.2) is 0 Å². The minimum atomic E-state index is -0.573. The molecule has 0 bridgehead atoms. The highest BCUT2D eigenvalue weighted by Crippen LogP contribution is 2.38. The molecular weight excluding hydrogens is 409 g/mol. The van der Waals surface area contributed by atoms with Crippen LogP contribution in [-0.4, -0.2) is 49.0 Å². The van der Waals surface area contributed by atoms with Gasteiger partial charge < -0.3 is 19.7 Å². The summed E-state index contributed by atoms with van der Waals surface area (Å²) < 4.78 is 11.0. The minimum Gasteiger partial charge on any atom is -0.493 e. The summed E-state index contributed by atoms with van der Waals surface area (Å²) in [6.07, 6.45) is 0. The summed E-state index contributed by atoms with van der Waals surface area (Å²) in [6, 6.07) is 8.88. The molecule has 3 rings (SSSR count). The number of hydrogen-bond donors (Lipinski definition) is 1. The highest BCUT2D eigenvalue weighted by Gasteiger charge is 2.21. The Morgan fingerprint density at radius 2 is 1.82 bits per heavy atom. The molecule has 0 aromatic heterocycles. The molecule has 0 unspecified atom stereocenters. The minimum absolute atomic E-state index is 0. The summed E-state index contributed by atoms with van der Waals surface area (Å²) >= 11 is 5.82. The third-order valence-electron chi connectivity index (χ3n) is 4.15. The van der Waals surface area contributed by atoms with Crippen molar-refractivity contribution < 1.29 is 19.2 Å². The second-order valence-electron chi connectivity index (χ2n) is 5.88. The van der Waals surface area contributed by atoms with Crippen molar-refractivity contribution in [2.75, 3.05) is 33.3 Å². The van der Waals surface area contributed by atoms with Gasteiger partial charge in [0.15, 0.2) is 11.5 Å². The van der Waals surface area contributed by atoms with Gasteiger partial charge in [-0.2, -0.15) is 0 Å². The molecule has 2 aromatic rings. The number of halogens is 2. The van der Waals surface area contributed by atoms with Crippen LogP contribution in [-0.2, 0) is 0 Å². The standard InChI is InChI=1S/C18H18ClN3O5.ClH/c1-26-17-10-12(18(23)21-8-6-20-7-9-21)2-4-16(17)27-15-5-3-13(19)11-14(15)22(24)25;/h2-5,10-11,20H,6-9H2,1H3;1H. The van der Waals surface area contributed by atoms with Crippen molar-refractivity contribution >= 4 is 35.6 Å². The summed E-state index contributed by atoms with van der Waals surface area (Å²) in [5.41, 5.74) is 0.206. The maximum atomic E-state index is 12.6. The van der Waals surface area contributed by atoms with Crippen LogP contribution in [0.1, 0.15) is 10.4 Å². The largest absolute Gasteiger partial charge is 0.493 e. The molecule has 28 heavy (non-hydrogen) atoms. The molecule has 1 aliphatic rings. The average molecular weight is 428 g/mol. The molecule has 1 amide bonds. The maximum absolute atomic E-state index is 12.6. The summed E-state index contributed by atoms with van der Waals surface area (Å²) in [5, 5.41) is 14.6. The van der Waals surface area contributed by atoms with E-state index < -0.39 is 4.92 Å². The number of amides is 1. The van der Waals surface area contributed by atoms with Crippen LogP contribution in [0.4, 0.5) is 5.69 Å². The Hall–Kier alpha value is -2.55. The van der Waals surface area contributed by atoms with Gasteiger partial charge in [-0.3, -0.25) is 14.9 Å². The first-order valence-electron chi connectivity index (χ1n) is 8.29. The van der Waals surface area contributed by atoms with Crippen LogP contribution in [0.25, 0.3) is 0 Å². The molecule has 1 heterocycles. The van der Waals surface area contributed by atoms with E-state index in [4.69, 9.17) is 21.1 Å². The number of hydrogen-bond acceptors (Lipinski definition) is 6. The Balaban J connectivity index is 0.00000280. The Morgan fingerprint density at radius 3 is 2.46 bits per heavy atom. The molecule has 10 heteroatoms. The SMILES string of the molecule is COc1cc(C(=O)N2CCNCC2)ccc1Oc1ccc(Cl)cc1[N+](=O)[O-].Cl. The Kier molecular flexibility index (Phi) is 7.45. The van der Waals surface area contributed by atoms with Gasteiger partial charge in [0.05, 0.1) is 12.0 Å². The Morgan fingerprint density at radius 1 is 1.14 bits per heavy atom. The summed E-state index contributed by atoms with van der Waals surface area (Å²) in [4.78, 5) is 25.0. The first kappa shape index (κ1) is 21.7. The van der Waals surface area contributed by atoms with E-state index in [-0.39, 0.29) is 40.5 Å². The zero-order valence-electron chi connectivity index (χ0n) is 15.0. The number of carbonyl (C=O) groups is 1. The number of nitro groups is 1. The number of ether oxygens (including phenoxy) is 2. The first-order valence-corrected chi connectivity index (χ1v) is 8.67. The van der Waals surface area contributed by atoms with Crippen LogP contribution in [0.3, 0.4) is 0 Å². The first-order chi connectivity index (χ1) is 13.0. The lowest BCUT2D eigenvalue weighted by Crippen LogP contribution is -2.46. The van der Waals surface area contributed by atoms with Crippen LogP contribution in [0.15, 0.2) is 36.4 Å². The van der Waals surface area contributed by atoms with E-state index in [0.717, 1.165) is 13.1 Å². The molecule has 0 aliphatic carbocycles. The lowest BCUT2D eigenvalue weighted by Gasteiger charge is -2.27. The van der Waals surface area contributed by atoms with Crippen LogP contribution in [0.5, 0.6) is 17.2 Å². The van der Waals surface area contributed by atoms with Crippen LogP contribution in [0, 0.1) is 10.1 Å². The number of nitrogens with one attached hydrogen (secondary N) is 1. The summed E-state index contributed by atoms with van der Waals surface area (Å²) in [6.45, 7) is 2.78. The zero-order chi connectivity index (χ0) is 19.4. The number of nitro benzene ring substituents is 1. The van der Waals surface area contributed by atoms with Crippen molar-refractivity contribution in [2.24, 2.45) is 0 Å². The van der Waals surface area contributed by atoms with Gasteiger partial charge >= 0.3 is 5.69 Å². The van der Waals surface area contributed by atoms with Gasteiger partial charge in [0.2, 0.25) is 5.75 Å². The van der Waals surface area contributed by atoms with Crippen molar-refractivity contribution in [3.63, 3.8) is 0 Å². The van der Waals surface area contributed by atoms with E-state index >= 15 is 0 Å². The average Bonchev–Trinajstić information content (AvgIpc) is 2.69. The van der Waals surface area contributed by atoms with E-state index in [1.54, 1.807) is 23.1 Å². The number of nitrogens with zero attached hydrogens (tertiary/aromatic N) is 2. The van der Waals surface area contributed by atoms with E-state index in [0.29, 0.717) is 24.4 Å². The van der Waals surface area contributed by atoms with Crippen LogP contribution in [0.2, 0.25) is 5.02 Å². The monoisotopic (exact) mass is 427 g/mol. The summed E-state index contributed by atoms with van der Waals surface area (Å²) in [5.74, 6) is 0.503. The molecule has 150 valence electrons. The Bertz CT molecular complexity index is 872. The molecule has 0 atom stereocenters. The fraction of sp³-hybridized carbons (Fsp3) is 0.278. The second kappa shape index (κ2) is 9.59. The van der Waals surface area contributed by atoms with Crippen molar-refractivity contribution in [1.29, 1.82) is 0 Å². The lowest BCUT2D eigenvalue weighted by atomic mass is 10.1. The molecule has 0 saturated carbocycles. The fourth-order valence-electron chi connectivity index (χ4n) is 2.77. The number of piperazine rings is 1. The predicted octanol–water partition coefficient (Wildman–Crippen LogP) is 3.52. The zero-order valence-corrected chi connectivity index (χ0v) is 16.6. The Labute approximate surface area is 172 Å². The molecule has 1 saturated heterocycles. The van der Waals surface area contributed by atoms with E-state index in [1.807, 2.05) is 0 Å². The van der Waals surface area contributed by atoms with E-state index in [1.165, 1.54) is 25.3 Å². The van der Waals surface area contributed by atoms with Crippen molar-refractivity contribution in [1.82, 2.24) is 10.2 Å². The third kappa shape index (κ3) is 4.83. The molecule has 1 fully saturated rings. The third-order valence-corrected chi connectivity index (χ3v) is 4.39. The second-order valence-corrected chi connectivity index (χ2v) is 6.32. The number of benzene rings is 2. The number of rotatable bonds is 5. The molecule has 8 nitrogen and oxygen atoms in total. The molecule has 0 radical (unpaired) electrons. The highest BCUT2D eigenvalue weighted by molar-refractivity contribution is 6.30. The maximum Gasteiger partial charge on any atom is 0.313 e. The quantitative estimate of drug-likeness (QED) is 0.579. The van der Waals surface area contributed by atoms with Crippen molar-refractivity contribution in [3.8, 4) is 17.2 Å². The van der Waals surface area contributed by atoms with Gasteiger partial charge in [-0.05, 0) is 30.3 Å². The number of carbonyl (C=O) groups excluding carboxylic acids is 1. The van der Waals surface area contributed by atoms with Gasteiger partial charge in [0, 0.05) is 42.8 Å². The normalized spacial score (nSPS) is 13.4. The topological polar surface area (TPSA) is 93.9 Å². The molecule has 0 spiro atoms. The van der Waals surface area contributed by atoms with Gasteiger partial charge in [-0.1, -0.05) is 11.6 Å². The summed E-state index contributed by atoms with van der Waals surface area (Å²) in [7, 11) is 1.44. The van der Waals surface area contributed by atoms with Crippen molar-refractivity contribution in [3.05, 3.63) is 57.1 Å². The van der Waals surface area contributed by atoms with Crippen molar-refractivity contribution in [2.45, 2.75) is 0 Å². The van der Waals surface area contributed by atoms with E-state index in [9.17, 15) is 14.9 Å². The van der Waals surface area contributed by atoms with Gasteiger partial charge in [0.25, 0.3) is 5.91 Å². The fourth-order valence-corrected chi connectivity index (χ4v) is 2.94. The smallest absolute Gasteiger partial charge is 0.313 e. The highest BCUT2D eigenvalue weighted by atomic mass is 35.5. The molecule has 2 aromatic carbocycles.